The molecule has 0 radical (unpaired) electrons. The van der Waals surface area contributed by atoms with Crippen LogP contribution in [0.1, 0.15) is 0 Å². The molecule has 0 aliphatic heterocycles. The summed E-state index contributed by atoms with van der Waals surface area (Å²) in [6.07, 6.45) is -5.63. The second kappa shape index (κ2) is 3.57. The number of hydrogen-bond acceptors (Lipinski definition) is 0. The summed E-state index contributed by atoms with van der Waals surface area (Å²) in [5, 5.41) is 0. The minimum absolute atomic E-state index is 0.917. The van der Waals surface area contributed by atoms with E-state index >= 15 is 0 Å². The van der Waals surface area contributed by atoms with Crippen LogP contribution in [0.25, 0.3) is 0 Å². The van der Waals surface area contributed by atoms with Crippen LogP contribution in [-0.2, 0) is 0 Å². The fraction of sp³-hybridized carbons (Fsp3) is 1.00. The van der Waals surface area contributed by atoms with Gasteiger partial charge in [0.1, 0.15) is 0 Å². The van der Waals surface area contributed by atoms with Gasteiger partial charge < -0.3 is 0 Å². The van der Waals surface area contributed by atoms with Crippen molar-refractivity contribution in [3.63, 3.8) is 0 Å². The summed E-state index contributed by atoms with van der Waals surface area (Å²) in [5.41, 5.74) is 0. The Morgan fingerprint density at radius 3 is 1.42 bits per heavy atom. The second-order valence-electron chi connectivity index (χ2n) is 1.91. The van der Waals surface area contributed by atoms with Gasteiger partial charge in [0.05, 0.1) is 5.88 Å². The molecule has 0 rings (SSSR count). The summed E-state index contributed by atoms with van der Waals surface area (Å²) >= 11 is 9.22. The molecule has 0 N–H and O–H groups in total. The number of rotatable bonds is 2. The Hall–Kier alpha value is 0.900. The molecule has 0 spiro atoms. The van der Waals surface area contributed by atoms with E-state index in [4.69, 9.17) is 11.6 Å². The van der Waals surface area contributed by atoms with E-state index in [0.29, 0.717) is 0 Å². The van der Waals surface area contributed by atoms with Crippen LogP contribution >= 0.6 is 43.5 Å². The van der Waals surface area contributed by atoms with Gasteiger partial charge in [0.25, 0.3) is 0 Å². The molecule has 0 fully saturated rings. The molecule has 0 amide bonds. The minimum Gasteiger partial charge on any atom is -0.194 e. The average Bonchev–Trinajstić information content (AvgIpc) is 1.85. The molecular weight excluding hydrogens is 338 g/mol. The van der Waals surface area contributed by atoms with Crippen molar-refractivity contribution in [2.75, 3.05) is 5.88 Å². The van der Waals surface area contributed by atoms with Crippen molar-refractivity contribution in [2.45, 2.75) is 15.3 Å². The molecule has 12 heavy (non-hydrogen) atoms. The van der Waals surface area contributed by atoms with Crippen LogP contribution in [0.2, 0.25) is 0 Å². The predicted octanol–water partition coefficient (Wildman–Crippen LogP) is 3.91. The molecule has 0 unspecified atom stereocenters. The molecular formula is C4H2Br2ClF5. The van der Waals surface area contributed by atoms with Crippen LogP contribution in [0.4, 0.5) is 22.0 Å². The standard InChI is InChI=1S/C4H2Br2ClF5/c5-2(6,1-7)3(8,9)4(10,11)12/h1H2. The number of halogens is 8. The maximum absolute atomic E-state index is 12.4. The Labute approximate surface area is 86.7 Å². The molecule has 0 saturated carbocycles. The third-order valence-corrected chi connectivity index (χ3v) is 3.59. The predicted molar refractivity (Wildman–Crippen MR) is 42.3 cm³/mol. The molecule has 0 atom stereocenters. The highest BCUT2D eigenvalue weighted by Gasteiger charge is 2.68. The Morgan fingerprint density at radius 2 is 1.33 bits per heavy atom. The van der Waals surface area contributed by atoms with Gasteiger partial charge in [-0.05, 0) is 0 Å². The van der Waals surface area contributed by atoms with Crippen molar-refractivity contribution < 1.29 is 22.0 Å². The van der Waals surface area contributed by atoms with E-state index in [1.165, 1.54) is 0 Å². The molecule has 0 aromatic rings. The van der Waals surface area contributed by atoms with Crippen LogP contribution in [0.5, 0.6) is 0 Å². The second-order valence-corrected chi connectivity index (χ2v) is 5.95. The van der Waals surface area contributed by atoms with Gasteiger partial charge >= 0.3 is 12.1 Å². The maximum Gasteiger partial charge on any atom is 0.455 e. The maximum atomic E-state index is 12.4. The van der Waals surface area contributed by atoms with E-state index < -0.39 is 21.2 Å². The van der Waals surface area contributed by atoms with Crippen molar-refractivity contribution in [2.24, 2.45) is 0 Å². The third kappa shape index (κ3) is 2.23. The smallest absolute Gasteiger partial charge is 0.194 e. The molecule has 0 heterocycles. The quantitative estimate of drug-likeness (QED) is 0.528. The highest BCUT2D eigenvalue weighted by molar-refractivity contribution is 9.25. The lowest BCUT2D eigenvalue weighted by molar-refractivity contribution is -0.282. The first kappa shape index (κ1) is 12.9. The van der Waals surface area contributed by atoms with Crippen LogP contribution in [0.15, 0.2) is 0 Å². The first-order chi connectivity index (χ1) is 5.06. The third-order valence-electron chi connectivity index (χ3n) is 0.983. The lowest BCUT2D eigenvalue weighted by Gasteiger charge is -2.29. The topological polar surface area (TPSA) is 0 Å². The van der Waals surface area contributed by atoms with Crippen molar-refractivity contribution in [1.82, 2.24) is 0 Å². The highest BCUT2D eigenvalue weighted by atomic mass is 79.9. The van der Waals surface area contributed by atoms with Gasteiger partial charge in [-0.2, -0.15) is 22.0 Å². The SMILES string of the molecule is FC(F)(F)C(F)(F)C(Br)(Br)CCl. The largest absolute Gasteiger partial charge is 0.455 e. The van der Waals surface area contributed by atoms with Crippen LogP contribution in [0.3, 0.4) is 0 Å². The average molecular weight is 340 g/mol. The van der Waals surface area contributed by atoms with Gasteiger partial charge in [-0.3, -0.25) is 0 Å². The fourth-order valence-corrected chi connectivity index (χ4v) is 0.909. The molecule has 0 saturated heterocycles. The van der Waals surface area contributed by atoms with Crippen molar-refractivity contribution in [3.05, 3.63) is 0 Å². The molecule has 0 aliphatic rings. The van der Waals surface area contributed by atoms with Gasteiger partial charge in [0.2, 0.25) is 0 Å². The van der Waals surface area contributed by atoms with Gasteiger partial charge in [0.15, 0.2) is 3.23 Å². The van der Waals surface area contributed by atoms with Crippen molar-refractivity contribution in [1.29, 1.82) is 0 Å². The lowest BCUT2D eigenvalue weighted by atomic mass is 10.2. The van der Waals surface area contributed by atoms with E-state index in [0.717, 1.165) is 0 Å². The van der Waals surface area contributed by atoms with Gasteiger partial charge in [-0.1, -0.05) is 31.9 Å². The summed E-state index contributed by atoms with van der Waals surface area (Å²) in [6, 6.07) is 0. The molecule has 74 valence electrons. The molecule has 0 aromatic heterocycles. The van der Waals surface area contributed by atoms with Crippen molar-refractivity contribution in [3.8, 4) is 0 Å². The highest BCUT2D eigenvalue weighted by Crippen LogP contribution is 2.51. The molecule has 0 aliphatic carbocycles. The first-order valence-electron chi connectivity index (χ1n) is 2.44. The zero-order chi connectivity index (χ0) is 10.2. The van der Waals surface area contributed by atoms with Gasteiger partial charge in [-0.25, -0.2) is 0 Å². The van der Waals surface area contributed by atoms with Crippen LogP contribution in [0, 0.1) is 0 Å². The van der Waals surface area contributed by atoms with E-state index in [1.807, 2.05) is 0 Å². The Bertz CT molecular complexity index is 165. The summed E-state index contributed by atoms with van der Waals surface area (Å²) < 4.78 is 57.1. The van der Waals surface area contributed by atoms with Crippen LogP contribution < -0.4 is 0 Å². The lowest BCUT2D eigenvalue weighted by Crippen LogP contribution is -2.50. The normalized spacial score (nSPS) is 15.0. The summed E-state index contributed by atoms with van der Waals surface area (Å²) in [7, 11) is 0. The van der Waals surface area contributed by atoms with Gasteiger partial charge in [0, 0.05) is 0 Å². The van der Waals surface area contributed by atoms with E-state index in [-0.39, 0.29) is 0 Å². The van der Waals surface area contributed by atoms with Crippen molar-refractivity contribution >= 4 is 43.5 Å². The minimum atomic E-state index is -5.63. The number of alkyl halides is 8. The summed E-state index contributed by atoms with van der Waals surface area (Å²) in [5.74, 6) is -5.83. The van der Waals surface area contributed by atoms with E-state index in [1.54, 1.807) is 0 Å². The Kier molecular flexibility index (Phi) is 3.84. The fourth-order valence-electron chi connectivity index (χ4n) is 0.291. The Morgan fingerprint density at radius 1 is 1.00 bits per heavy atom. The monoisotopic (exact) mass is 338 g/mol. The molecule has 0 nitrogen and oxygen atoms in total. The molecule has 0 aromatic carbocycles. The Balaban J connectivity index is 4.85. The molecule has 0 bridgehead atoms. The zero-order valence-corrected chi connectivity index (χ0v) is 9.16. The first-order valence-corrected chi connectivity index (χ1v) is 4.56. The van der Waals surface area contributed by atoms with E-state index in [9.17, 15) is 22.0 Å². The van der Waals surface area contributed by atoms with Crippen LogP contribution in [-0.4, -0.2) is 21.2 Å². The van der Waals surface area contributed by atoms with Gasteiger partial charge in [-0.15, -0.1) is 11.6 Å². The van der Waals surface area contributed by atoms with E-state index in [2.05, 4.69) is 31.9 Å². The summed E-state index contributed by atoms with van der Waals surface area (Å²) in [6.45, 7) is 0. The number of hydrogen-bond donors (Lipinski definition) is 0. The summed E-state index contributed by atoms with van der Waals surface area (Å²) in [4.78, 5) is 0. The molecule has 8 heteroatoms. The zero-order valence-electron chi connectivity index (χ0n) is 5.23.